The molecule has 124 valence electrons. The Kier molecular flexibility index (Phi) is 14.9. The molecule has 0 unspecified atom stereocenters. The molecule has 2 heterocycles. The van der Waals surface area contributed by atoms with Crippen LogP contribution in [0.5, 0.6) is 0 Å². The molecule has 0 aliphatic carbocycles. The van der Waals surface area contributed by atoms with Gasteiger partial charge in [0.05, 0.1) is 0 Å². The van der Waals surface area contributed by atoms with Gasteiger partial charge in [-0.05, 0) is 62.7 Å². The van der Waals surface area contributed by atoms with Gasteiger partial charge in [-0.3, -0.25) is 0 Å². The minimum Gasteiger partial charge on any atom is -0.396 e. The van der Waals surface area contributed by atoms with Gasteiger partial charge in [0, 0.05) is 13.2 Å². The second-order valence-corrected chi connectivity index (χ2v) is 5.83. The lowest BCUT2D eigenvalue weighted by molar-refractivity contribution is 0.153. The van der Waals surface area contributed by atoms with Gasteiger partial charge in [0.2, 0.25) is 0 Å². The molecule has 0 aromatic carbocycles. The van der Waals surface area contributed by atoms with Crippen LogP contribution in [0, 0.1) is 23.7 Å². The second-order valence-electron chi connectivity index (χ2n) is 5.83. The van der Waals surface area contributed by atoms with E-state index in [1.807, 2.05) is 0 Å². The summed E-state index contributed by atoms with van der Waals surface area (Å²) in [6.45, 7) is 9.41. The lowest BCUT2D eigenvalue weighted by Crippen LogP contribution is -2.36. The summed E-state index contributed by atoms with van der Waals surface area (Å²) in [5, 5.41) is 24.2. The maximum absolute atomic E-state index is 8.83. The van der Waals surface area contributed by atoms with E-state index in [0.29, 0.717) is 36.9 Å². The van der Waals surface area contributed by atoms with Gasteiger partial charge in [-0.2, -0.15) is 0 Å². The molecule has 0 spiro atoms. The van der Waals surface area contributed by atoms with Crippen LogP contribution >= 0.6 is 24.8 Å². The summed E-state index contributed by atoms with van der Waals surface area (Å²) < 4.78 is 0. The van der Waals surface area contributed by atoms with Gasteiger partial charge in [-0.1, -0.05) is 13.8 Å². The van der Waals surface area contributed by atoms with E-state index in [2.05, 4.69) is 24.5 Å². The quantitative estimate of drug-likeness (QED) is 0.616. The third-order valence-electron chi connectivity index (χ3n) is 4.39. The lowest BCUT2D eigenvalue weighted by Gasteiger charge is -2.27. The van der Waals surface area contributed by atoms with Crippen LogP contribution in [0.4, 0.5) is 0 Å². The van der Waals surface area contributed by atoms with Crippen LogP contribution in [0.25, 0.3) is 0 Å². The Morgan fingerprint density at radius 1 is 0.800 bits per heavy atom. The first kappa shape index (κ1) is 22.7. The number of aliphatic hydroxyl groups excluding tert-OH is 2. The van der Waals surface area contributed by atoms with E-state index < -0.39 is 0 Å². The van der Waals surface area contributed by atoms with E-state index >= 15 is 0 Å². The van der Waals surface area contributed by atoms with Crippen molar-refractivity contribution < 1.29 is 10.2 Å². The number of rotatable bonds is 2. The predicted molar refractivity (Wildman–Crippen MR) is 88.9 cm³/mol. The van der Waals surface area contributed by atoms with Gasteiger partial charge in [0.25, 0.3) is 0 Å². The molecule has 0 amide bonds. The summed E-state index contributed by atoms with van der Waals surface area (Å²) in [7, 11) is 0. The molecule has 4 N–H and O–H groups in total. The maximum atomic E-state index is 8.83. The van der Waals surface area contributed by atoms with Crippen molar-refractivity contribution >= 4 is 24.8 Å². The molecule has 20 heavy (non-hydrogen) atoms. The van der Waals surface area contributed by atoms with Crippen molar-refractivity contribution in [2.24, 2.45) is 23.7 Å². The topological polar surface area (TPSA) is 64.5 Å². The first-order valence-electron chi connectivity index (χ1n) is 7.32. The average Bonchev–Trinajstić information content (AvgIpc) is 2.41. The molecule has 6 heteroatoms. The standard InChI is InChI=1S/2C7H15NO.2ClH/c2*1-6-4-8-3-2-7(6)5-9;;/h2*6-9H,2-5H2,1H3;2*1H/t2*6-,7+;;/m10../s1. The zero-order valence-electron chi connectivity index (χ0n) is 12.7. The number of piperidine rings is 2. The lowest BCUT2D eigenvalue weighted by atomic mass is 9.89. The van der Waals surface area contributed by atoms with E-state index in [1.165, 1.54) is 0 Å². The summed E-state index contributed by atoms with van der Waals surface area (Å²) in [5.74, 6) is 2.41. The highest BCUT2D eigenvalue weighted by Crippen LogP contribution is 2.17. The molecule has 4 nitrogen and oxygen atoms in total. The molecule has 2 aliphatic rings. The van der Waals surface area contributed by atoms with Crippen molar-refractivity contribution in [3.8, 4) is 0 Å². The van der Waals surface area contributed by atoms with E-state index in [1.54, 1.807) is 0 Å². The van der Waals surface area contributed by atoms with Gasteiger partial charge < -0.3 is 20.8 Å². The highest BCUT2D eigenvalue weighted by molar-refractivity contribution is 5.85. The fourth-order valence-corrected chi connectivity index (χ4v) is 2.68. The van der Waals surface area contributed by atoms with Crippen LogP contribution < -0.4 is 10.6 Å². The molecule has 0 radical (unpaired) electrons. The van der Waals surface area contributed by atoms with Crippen molar-refractivity contribution in [3.05, 3.63) is 0 Å². The number of aliphatic hydroxyl groups is 2. The minimum absolute atomic E-state index is 0. The monoisotopic (exact) mass is 330 g/mol. The SMILES string of the molecule is C[C@@H]1CNCC[C@H]1CO.C[C@H]1CNCC[C@@H]1CO.Cl.Cl. The Morgan fingerprint density at radius 3 is 1.35 bits per heavy atom. The zero-order chi connectivity index (χ0) is 13.4. The predicted octanol–water partition coefficient (Wildman–Crippen LogP) is 1.29. The third kappa shape index (κ3) is 8.01. The number of hydrogen-bond acceptors (Lipinski definition) is 4. The zero-order valence-corrected chi connectivity index (χ0v) is 14.3. The van der Waals surface area contributed by atoms with Crippen LogP contribution in [0.3, 0.4) is 0 Å². The normalized spacial score (nSPS) is 33.0. The highest BCUT2D eigenvalue weighted by Gasteiger charge is 2.19. The maximum Gasteiger partial charge on any atom is 0.0462 e. The van der Waals surface area contributed by atoms with Crippen LogP contribution in [0.15, 0.2) is 0 Å². The Balaban J connectivity index is 0. The van der Waals surface area contributed by atoms with Crippen molar-refractivity contribution in [1.29, 1.82) is 0 Å². The summed E-state index contributed by atoms with van der Waals surface area (Å²) in [6.07, 6.45) is 2.27. The van der Waals surface area contributed by atoms with Gasteiger partial charge in [-0.15, -0.1) is 24.8 Å². The number of nitrogens with one attached hydrogen (secondary N) is 2. The molecule has 2 rings (SSSR count). The summed E-state index contributed by atoms with van der Waals surface area (Å²) >= 11 is 0. The highest BCUT2D eigenvalue weighted by atomic mass is 35.5. The molecular formula is C14H32Cl2N2O2. The van der Waals surface area contributed by atoms with Crippen molar-refractivity contribution in [2.45, 2.75) is 26.7 Å². The van der Waals surface area contributed by atoms with Crippen molar-refractivity contribution in [1.82, 2.24) is 10.6 Å². The smallest absolute Gasteiger partial charge is 0.0462 e. The van der Waals surface area contributed by atoms with E-state index in [-0.39, 0.29) is 24.8 Å². The third-order valence-corrected chi connectivity index (χ3v) is 4.39. The number of halogens is 2. The van der Waals surface area contributed by atoms with E-state index in [9.17, 15) is 0 Å². The molecule has 0 saturated carbocycles. The summed E-state index contributed by atoms with van der Waals surface area (Å²) in [5.41, 5.74) is 0. The first-order valence-corrected chi connectivity index (χ1v) is 7.32. The molecule has 0 bridgehead atoms. The van der Waals surface area contributed by atoms with Crippen molar-refractivity contribution in [3.63, 3.8) is 0 Å². The fourth-order valence-electron chi connectivity index (χ4n) is 2.68. The van der Waals surface area contributed by atoms with Crippen LogP contribution in [-0.4, -0.2) is 49.6 Å². The van der Waals surface area contributed by atoms with Gasteiger partial charge in [0.1, 0.15) is 0 Å². The largest absolute Gasteiger partial charge is 0.396 e. The Labute approximate surface area is 135 Å². The summed E-state index contributed by atoms with van der Waals surface area (Å²) in [6, 6.07) is 0. The minimum atomic E-state index is 0. The van der Waals surface area contributed by atoms with E-state index in [4.69, 9.17) is 10.2 Å². The average molecular weight is 331 g/mol. The Bertz CT molecular complexity index is 201. The molecule has 2 saturated heterocycles. The molecule has 2 fully saturated rings. The molecule has 4 atom stereocenters. The molecule has 0 aromatic heterocycles. The van der Waals surface area contributed by atoms with Gasteiger partial charge >= 0.3 is 0 Å². The van der Waals surface area contributed by atoms with Crippen LogP contribution in [-0.2, 0) is 0 Å². The first-order chi connectivity index (χ1) is 8.69. The van der Waals surface area contributed by atoms with Crippen LogP contribution in [0.1, 0.15) is 26.7 Å². The molecular weight excluding hydrogens is 299 g/mol. The van der Waals surface area contributed by atoms with Crippen molar-refractivity contribution in [2.75, 3.05) is 39.4 Å². The van der Waals surface area contributed by atoms with Crippen LogP contribution in [0.2, 0.25) is 0 Å². The molecule has 2 aliphatic heterocycles. The Morgan fingerprint density at radius 2 is 1.15 bits per heavy atom. The van der Waals surface area contributed by atoms with Gasteiger partial charge in [0.15, 0.2) is 0 Å². The molecule has 0 aromatic rings. The Hall–Kier alpha value is 0.420. The number of hydrogen-bond donors (Lipinski definition) is 4. The second kappa shape index (κ2) is 13.1. The van der Waals surface area contributed by atoms with E-state index in [0.717, 1.165) is 39.0 Å². The van der Waals surface area contributed by atoms with Gasteiger partial charge in [-0.25, -0.2) is 0 Å². The fraction of sp³-hybridized carbons (Fsp3) is 1.00. The summed E-state index contributed by atoms with van der Waals surface area (Å²) in [4.78, 5) is 0.